The smallest absolute Gasteiger partial charge is 0.416 e. The summed E-state index contributed by atoms with van der Waals surface area (Å²) in [6, 6.07) is 4.25. The number of alkyl halides is 3. The van der Waals surface area contributed by atoms with Crippen LogP contribution in [0.25, 0.3) is 0 Å². The number of carbonyl (C=O) groups is 1. The lowest BCUT2D eigenvalue weighted by Crippen LogP contribution is -2.42. The summed E-state index contributed by atoms with van der Waals surface area (Å²) in [5.41, 5.74) is -0.782. The predicted molar refractivity (Wildman–Crippen MR) is 103 cm³/mol. The van der Waals surface area contributed by atoms with Gasteiger partial charge in [-0.3, -0.25) is 4.79 Å². The van der Waals surface area contributed by atoms with E-state index in [-0.39, 0.29) is 24.4 Å². The fourth-order valence-electron chi connectivity index (χ4n) is 5.80. The van der Waals surface area contributed by atoms with Gasteiger partial charge >= 0.3 is 6.18 Å². The Balaban J connectivity index is 1.34. The van der Waals surface area contributed by atoms with Crippen LogP contribution >= 0.6 is 0 Å². The van der Waals surface area contributed by atoms with E-state index in [2.05, 4.69) is 12.2 Å². The standard InChI is InChI=1S/C22H27F3N2O3/c1-13-19-27(12-14-10-15(22(23,24)25)2-3-18(14)30-19)20(28)21(13)7-4-17(11-21)26-16-5-8-29-9-6-16/h2-3,10,13,16-17,19,26H,4-9,11-12H2,1H3/t13?,17-,19?,21+/m1/s1. The SMILES string of the molecule is CC1C2Oc3ccc(C(F)(F)F)cc3CN2C(=O)[C@]12CC[C@@H](NC1CCOCC1)C2. The van der Waals surface area contributed by atoms with Crippen LogP contribution in [0, 0.1) is 11.3 Å². The third-order valence-electron chi connectivity index (χ3n) is 7.51. The average Bonchev–Trinajstić information content (AvgIpc) is 3.23. The van der Waals surface area contributed by atoms with Crippen molar-refractivity contribution in [1.29, 1.82) is 0 Å². The molecule has 3 fully saturated rings. The van der Waals surface area contributed by atoms with Crippen LogP contribution in [0.5, 0.6) is 5.75 Å². The first-order valence-corrected chi connectivity index (χ1v) is 10.8. The molecule has 1 aromatic rings. The van der Waals surface area contributed by atoms with Crippen molar-refractivity contribution in [3.63, 3.8) is 0 Å². The zero-order valence-corrected chi connectivity index (χ0v) is 17.0. The van der Waals surface area contributed by atoms with Crippen LogP contribution in [0.15, 0.2) is 18.2 Å². The van der Waals surface area contributed by atoms with Crippen molar-refractivity contribution in [3.8, 4) is 5.75 Å². The van der Waals surface area contributed by atoms with Crippen LogP contribution in [0.3, 0.4) is 0 Å². The number of hydrogen-bond donors (Lipinski definition) is 1. The molecule has 30 heavy (non-hydrogen) atoms. The van der Waals surface area contributed by atoms with Crippen molar-refractivity contribution in [2.45, 2.75) is 70.1 Å². The van der Waals surface area contributed by atoms with E-state index in [0.717, 1.165) is 57.5 Å². The number of halogens is 3. The van der Waals surface area contributed by atoms with Gasteiger partial charge in [0.15, 0.2) is 6.23 Å². The molecular weight excluding hydrogens is 397 g/mol. The molecule has 1 spiro atoms. The topological polar surface area (TPSA) is 50.8 Å². The minimum absolute atomic E-state index is 0.0121. The molecule has 1 N–H and O–H groups in total. The molecule has 1 amide bonds. The lowest BCUT2D eigenvalue weighted by atomic mass is 9.76. The van der Waals surface area contributed by atoms with Crippen LogP contribution in [0.1, 0.15) is 50.2 Å². The second-order valence-corrected chi connectivity index (χ2v) is 9.20. The number of amides is 1. The van der Waals surface area contributed by atoms with Gasteiger partial charge in [0, 0.05) is 36.8 Å². The summed E-state index contributed by atoms with van der Waals surface area (Å²) in [5.74, 6) is 0.470. The van der Waals surface area contributed by atoms with Crippen LogP contribution in [-0.4, -0.2) is 42.3 Å². The number of nitrogens with one attached hydrogen (secondary N) is 1. The van der Waals surface area contributed by atoms with E-state index in [1.807, 2.05) is 0 Å². The minimum Gasteiger partial charge on any atom is -0.470 e. The van der Waals surface area contributed by atoms with Crippen LogP contribution in [0.4, 0.5) is 13.2 Å². The minimum atomic E-state index is -4.41. The molecule has 4 aliphatic rings. The zero-order valence-electron chi connectivity index (χ0n) is 17.0. The van der Waals surface area contributed by atoms with Crippen LogP contribution < -0.4 is 10.1 Å². The Labute approximate surface area is 173 Å². The third kappa shape index (κ3) is 3.19. The van der Waals surface area contributed by atoms with E-state index in [9.17, 15) is 18.0 Å². The van der Waals surface area contributed by atoms with E-state index < -0.39 is 23.4 Å². The van der Waals surface area contributed by atoms with Crippen molar-refractivity contribution < 1.29 is 27.4 Å². The van der Waals surface area contributed by atoms with Gasteiger partial charge in [0.25, 0.3) is 0 Å². The van der Waals surface area contributed by atoms with Crippen LogP contribution in [-0.2, 0) is 22.3 Å². The molecular formula is C22H27F3N2O3. The Bertz CT molecular complexity index is 839. The summed E-state index contributed by atoms with van der Waals surface area (Å²) < 4.78 is 50.8. The lowest BCUT2D eigenvalue weighted by Gasteiger charge is -2.34. The Morgan fingerprint density at radius 2 is 1.93 bits per heavy atom. The van der Waals surface area contributed by atoms with Crippen molar-refractivity contribution >= 4 is 5.91 Å². The normalized spacial score (nSPS) is 34.2. The molecule has 1 aliphatic carbocycles. The molecule has 2 saturated heterocycles. The molecule has 164 valence electrons. The number of fused-ring (bicyclic) bond motifs is 2. The van der Waals surface area contributed by atoms with E-state index in [1.165, 1.54) is 6.07 Å². The largest absolute Gasteiger partial charge is 0.470 e. The molecule has 2 unspecified atom stereocenters. The van der Waals surface area contributed by atoms with Crippen molar-refractivity contribution in [1.82, 2.24) is 10.2 Å². The number of carbonyl (C=O) groups excluding carboxylic acids is 1. The average molecular weight is 424 g/mol. The molecule has 5 rings (SSSR count). The molecule has 5 nitrogen and oxygen atoms in total. The molecule has 1 aromatic carbocycles. The lowest BCUT2D eigenvalue weighted by molar-refractivity contribution is -0.140. The number of rotatable bonds is 2. The van der Waals surface area contributed by atoms with Crippen molar-refractivity contribution in [2.24, 2.45) is 11.3 Å². The number of nitrogens with zero attached hydrogens (tertiary/aromatic N) is 1. The zero-order chi connectivity index (χ0) is 21.1. The van der Waals surface area contributed by atoms with E-state index >= 15 is 0 Å². The van der Waals surface area contributed by atoms with Crippen molar-refractivity contribution in [2.75, 3.05) is 13.2 Å². The first kappa shape index (κ1) is 20.1. The predicted octanol–water partition coefficient (Wildman–Crippen LogP) is 3.71. The highest BCUT2D eigenvalue weighted by Gasteiger charge is 2.61. The van der Waals surface area contributed by atoms with E-state index in [1.54, 1.807) is 4.90 Å². The van der Waals surface area contributed by atoms with Gasteiger partial charge in [-0.25, -0.2) is 0 Å². The van der Waals surface area contributed by atoms with Gasteiger partial charge in [0.05, 0.1) is 17.5 Å². The summed E-state index contributed by atoms with van der Waals surface area (Å²) >= 11 is 0. The summed E-state index contributed by atoms with van der Waals surface area (Å²) in [6.07, 6.45) is -0.380. The van der Waals surface area contributed by atoms with Gasteiger partial charge in [0.1, 0.15) is 5.75 Å². The summed E-state index contributed by atoms with van der Waals surface area (Å²) in [4.78, 5) is 15.1. The molecule has 3 heterocycles. The molecule has 4 atom stereocenters. The van der Waals surface area contributed by atoms with Gasteiger partial charge < -0.3 is 19.7 Å². The highest BCUT2D eigenvalue weighted by Crippen LogP contribution is 2.54. The fraction of sp³-hybridized carbons (Fsp3) is 0.682. The number of benzene rings is 1. The third-order valence-corrected chi connectivity index (χ3v) is 7.51. The summed E-state index contributed by atoms with van der Waals surface area (Å²) in [5, 5.41) is 3.72. The van der Waals surface area contributed by atoms with E-state index in [4.69, 9.17) is 9.47 Å². The summed E-state index contributed by atoms with van der Waals surface area (Å²) in [7, 11) is 0. The second-order valence-electron chi connectivity index (χ2n) is 9.20. The molecule has 3 aliphatic heterocycles. The second kappa shape index (κ2) is 7.12. The quantitative estimate of drug-likeness (QED) is 0.787. The molecule has 8 heteroatoms. The first-order valence-electron chi connectivity index (χ1n) is 10.8. The van der Waals surface area contributed by atoms with Gasteiger partial charge in [-0.05, 0) is 50.3 Å². The van der Waals surface area contributed by atoms with Crippen LogP contribution in [0.2, 0.25) is 0 Å². The Morgan fingerprint density at radius 1 is 1.17 bits per heavy atom. The molecule has 1 saturated carbocycles. The maximum absolute atomic E-state index is 13.5. The molecule has 0 bridgehead atoms. The molecule has 0 radical (unpaired) electrons. The first-order chi connectivity index (χ1) is 14.3. The van der Waals surface area contributed by atoms with Gasteiger partial charge in [-0.15, -0.1) is 0 Å². The number of ether oxygens (including phenoxy) is 2. The Kier molecular flexibility index (Phi) is 4.78. The maximum Gasteiger partial charge on any atom is 0.416 e. The molecule has 0 aromatic heterocycles. The van der Waals surface area contributed by atoms with E-state index in [0.29, 0.717) is 17.4 Å². The highest BCUT2D eigenvalue weighted by molar-refractivity contribution is 5.86. The van der Waals surface area contributed by atoms with Gasteiger partial charge in [-0.1, -0.05) is 6.92 Å². The highest BCUT2D eigenvalue weighted by atomic mass is 19.4. The Hall–Kier alpha value is -1.80. The van der Waals surface area contributed by atoms with Gasteiger partial charge in [-0.2, -0.15) is 13.2 Å². The Morgan fingerprint density at radius 3 is 2.67 bits per heavy atom. The number of hydrogen-bond acceptors (Lipinski definition) is 4. The monoisotopic (exact) mass is 424 g/mol. The fourth-order valence-corrected chi connectivity index (χ4v) is 5.80. The van der Waals surface area contributed by atoms with Gasteiger partial charge in [0.2, 0.25) is 5.91 Å². The van der Waals surface area contributed by atoms with Crippen molar-refractivity contribution in [3.05, 3.63) is 29.3 Å². The summed E-state index contributed by atoms with van der Waals surface area (Å²) in [6.45, 7) is 3.76. The maximum atomic E-state index is 13.5.